The van der Waals surface area contributed by atoms with Crippen LogP contribution in [0.5, 0.6) is 0 Å². The van der Waals surface area contributed by atoms with Crippen molar-refractivity contribution in [1.29, 1.82) is 0 Å². The van der Waals surface area contributed by atoms with E-state index in [1.54, 1.807) is 22.5 Å². The summed E-state index contributed by atoms with van der Waals surface area (Å²) in [5.74, 6) is 0. The maximum absolute atomic E-state index is 2.34. The van der Waals surface area contributed by atoms with Gasteiger partial charge in [0.2, 0.25) is 0 Å². The van der Waals surface area contributed by atoms with Crippen LogP contribution in [0, 0.1) is 0 Å². The molecule has 50 valence electrons. The predicted octanol–water partition coefficient (Wildman–Crippen LogP) is 2.93. The van der Waals surface area contributed by atoms with Gasteiger partial charge in [-0.2, -0.15) is 0 Å². The number of hydrogen-bond acceptors (Lipinski definition) is 0. The van der Waals surface area contributed by atoms with Crippen LogP contribution in [0.25, 0.3) is 0 Å². The molecule has 0 saturated carbocycles. The van der Waals surface area contributed by atoms with Crippen LogP contribution in [-0.4, -0.2) is 22.5 Å². The van der Waals surface area contributed by atoms with Crippen LogP contribution in [0.4, 0.5) is 0 Å². The third kappa shape index (κ3) is 8.80. The summed E-state index contributed by atoms with van der Waals surface area (Å²) in [7, 11) is 0. The van der Waals surface area contributed by atoms with E-state index in [0.717, 1.165) is 3.93 Å². The van der Waals surface area contributed by atoms with E-state index in [4.69, 9.17) is 0 Å². The van der Waals surface area contributed by atoms with Gasteiger partial charge in [0.1, 0.15) is 0 Å². The van der Waals surface area contributed by atoms with Crippen molar-refractivity contribution in [3.8, 4) is 0 Å². The molecule has 0 heterocycles. The SMILES string of the molecule is CCCCCC[CH](C)[Sn+3]. The Balaban J connectivity index is 2.75. The molecule has 1 unspecified atom stereocenters. The quantitative estimate of drug-likeness (QED) is 0.504. The normalized spacial score (nSPS) is 13.8. The zero-order chi connectivity index (χ0) is 7.11. The molecule has 0 aromatic rings. The van der Waals surface area contributed by atoms with Crippen molar-refractivity contribution in [1.82, 2.24) is 0 Å². The summed E-state index contributed by atoms with van der Waals surface area (Å²) < 4.78 is 0.994. The molecular formula is C8H17Sn+3. The van der Waals surface area contributed by atoms with Crippen LogP contribution in [0.1, 0.15) is 46.0 Å². The Hall–Kier alpha value is 0.799. The average Bonchev–Trinajstić information content (AvgIpc) is 1.80. The van der Waals surface area contributed by atoms with Crippen molar-refractivity contribution >= 4 is 22.5 Å². The summed E-state index contributed by atoms with van der Waals surface area (Å²) in [5.41, 5.74) is 0. The van der Waals surface area contributed by atoms with E-state index in [1.807, 2.05) is 0 Å². The summed E-state index contributed by atoms with van der Waals surface area (Å²) in [5, 5.41) is 0. The fraction of sp³-hybridized carbons (Fsp3) is 1.00. The molecule has 0 aliphatic heterocycles. The van der Waals surface area contributed by atoms with Crippen molar-refractivity contribution in [2.75, 3.05) is 0 Å². The molecule has 0 rings (SSSR count). The molecule has 0 aliphatic carbocycles. The molecule has 0 aliphatic rings. The van der Waals surface area contributed by atoms with Crippen LogP contribution < -0.4 is 0 Å². The van der Waals surface area contributed by atoms with Gasteiger partial charge in [-0.1, -0.05) is 0 Å². The molecular weight excluding hydrogens is 215 g/mol. The first-order valence-corrected chi connectivity index (χ1v) is 5.63. The average molecular weight is 232 g/mol. The molecule has 1 heteroatoms. The summed E-state index contributed by atoms with van der Waals surface area (Å²) in [6.07, 6.45) is 7.17. The Labute approximate surface area is 72.5 Å². The van der Waals surface area contributed by atoms with Crippen molar-refractivity contribution in [2.45, 2.75) is 49.9 Å². The fourth-order valence-electron chi connectivity index (χ4n) is 0.877. The Bertz CT molecular complexity index is 50.5. The minimum atomic E-state index is 0.994. The van der Waals surface area contributed by atoms with Crippen molar-refractivity contribution in [3.05, 3.63) is 0 Å². The molecule has 0 aromatic heterocycles. The standard InChI is InChI=1S/C8H17.Sn/c1-3-5-7-8-6-4-2;/h3H,4-8H2,1-2H3;/q;+3. The molecule has 0 amide bonds. The van der Waals surface area contributed by atoms with Gasteiger partial charge in [0.25, 0.3) is 0 Å². The fourth-order valence-corrected chi connectivity index (χ4v) is 1.46. The Morgan fingerprint density at radius 3 is 2.33 bits per heavy atom. The van der Waals surface area contributed by atoms with E-state index in [9.17, 15) is 0 Å². The first-order valence-electron chi connectivity index (χ1n) is 3.98. The molecule has 0 fully saturated rings. The van der Waals surface area contributed by atoms with Gasteiger partial charge >= 0.3 is 72.4 Å². The summed E-state index contributed by atoms with van der Waals surface area (Å²) >= 11 is 1.71. The van der Waals surface area contributed by atoms with Gasteiger partial charge < -0.3 is 0 Å². The van der Waals surface area contributed by atoms with E-state index in [-0.39, 0.29) is 0 Å². The van der Waals surface area contributed by atoms with Crippen LogP contribution in [0.15, 0.2) is 0 Å². The van der Waals surface area contributed by atoms with Crippen LogP contribution >= 0.6 is 0 Å². The number of rotatable bonds is 5. The Kier molecular flexibility index (Phi) is 7.53. The van der Waals surface area contributed by atoms with E-state index in [2.05, 4.69) is 13.8 Å². The zero-order valence-corrected chi connectivity index (χ0v) is 9.47. The molecule has 1 atom stereocenters. The van der Waals surface area contributed by atoms with E-state index in [1.165, 1.54) is 32.1 Å². The molecule has 9 heavy (non-hydrogen) atoms. The van der Waals surface area contributed by atoms with E-state index < -0.39 is 0 Å². The van der Waals surface area contributed by atoms with Gasteiger partial charge in [-0.3, -0.25) is 0 Å². The molecule has 0 N–H and O–H groups in total. The molecule has 0 aromatic carbocycles. The van der Waals surface area contributed by atoms with Gasteiger partial charge in [-0.05, 0) is 0 Å². The maximum atomic E-state index is 2.34. The van der Waals surface area contributed by atoms with Gasteiger partial charge in [0, 0.05) is 0 Å². The summed E-state index contributed by atoms with van der Waals surface area (Å²) in [4.78, 5) is 0. The van der Waals surface area contributed by atoms with E-state index in [0.29, 0.717) is 0 Å². The van der Waals surface area contributed by atoms with Crippen LogP contribution in [0.2, 0.25) is 3.93 Å². The Morgan fingerprint density at radius 2 is 1.89 bits per heavy atom. The second-order valence-corrected chi connectivity index (χ2v) is 5.56. The Morgan fingerprint density at radius 1 is 1.22 bits per heavy atom. The second kappa shape index (κ2) is 6.91. The summed E-state index contributed by atoms with van der Waals surface area (Å²) in [6, 6.07) is 0. The second-order valence-electron chi connectivity index (χ2n) is 2.75. The first kappa shape index (κ1) is 9.80. The van der Waals surface area contributed by atoms with Gasteiger partial charge in [-0.15, -0.1) is 0 Å². The first-order chi connectivity index (χ1) is 4.27. The van der Waals surface area contributed by atoms with Crippen LogP contribution in [0.3, 0.4) is 0 Å². The molecule has 0 saturated heterocycles. The minimum absolute atomic E-state index is 0.994. The topological polar surface area (TPSA) is 0 Å². The summed E-state index contributed by atoms with van der Waals surface area (Å²) in [6.45, 7) is 4.60. The van der Waals surface area contributed by atoms with Gasteiger partial charge in [-0.25, -0.2) is 0 Å². The van der Waals surface area contributed by atoms with Crippen molar-refractivity contribution in [3.63, 3.8) is 0 Å². The zero-order valence-electron chi connectivity index (χ0n) is 6.61. The van der Waals surface area contributed by atoms with Crippen molar-refractivity contribution < 1.29 is 0 Å². The third-order valence-corrected chi connectivity index (χ3v) is 2.31. The molecule has 0 spiro atoms. The van der Waals surface area contributed by atoms with Gasteiger partial charge in [0.05, 0.1) is 0 Å². The number of unbranched alkanes of at least 4 members (excludes halogenated alkanes) is 3. The molecule has 0 radical (unpaired) electrons. The predicted molar refractivity (Wildman–Crippen MR) is 43.9 cm³/mol. The third-order valence-electron chi connectivity index (χ3n) is 1.49. The molecule has 0 nitrogen and oxygen atoms in total. The monoisotopic (exact) mass is 233 g/mol. The number of hydrogen-bond donors (Lipinski definition) is 0. The molecule has 0 bridgehead atoms. The van der Waals surface area contributed by atoms with Crippen molar-refractivity contribution in [2.24, 2.45) is 0 Å². The van der Waals surface area contributed by atoms with Gasteiger partial charge in [0.15, 0.2) is 0 Å². The van der Waals surface area contributed by atoms with Crippen LogP contribution in [-0.2, 0) is 0 Å². The van der Waals surface area contributed by atoms with E-state index >= 15 is 0 Å².